The highest BCUT2D eigenvalue weighted by molar-refractivity contribution is 7.92. The van der Waals surface area contributed by atoms with Crippen LogP contribution in [0, 0.1) is 12.3 Å². The Morgan fingerprint density at radius 3 is 2.26 bits per heavy atom. The van der Waals surface area contributed by atoms with Crippen molar-refractivity contribution in [1.82, 2.24) is 49.3 Å². The summed E-state index contributed by atoms with van der Waals surface area (Å²) in [4.78, 5) is 68.9. The fourth-order valence-electron chi connectivity index (χ4n) is 11.3. The second-order valence-electron chi connectivity index (χ2n) is 24.6. The first-order valence-electron chi connectivity index (χ1n) is 30.3. The molecule has 1 saturated heterocycles. The lowest BCUT2D eigenvalue weighted by Crippen LogP contribution is -2.50. The zero-order valence-electron chi connectivity index (χ0n) is 52.4. The standard InChI is InChI=1S/C66H79N11O11S2/c1-11-24-85-49-31-50(86-25-13-12-23-73(7)8)33-52(32-49)87-58-35-56-55(74(9)65(82)75(56)10)34-54(58)72-90(83,84)53-16-14-15-45(26-53)62(79)71-47-28-51(29-47)88-59-27-44(21-22-67-59)46-36-69-77(37-46)61(66(4,5)6)64(81)76-38-48(78)30-57(76)63(80)70-40(2)42-17-19-43(20-18-42)60-41(3)68-39-89-60/h14-22,26-27,31-37,39-40,47-48,51,57,61,72,78H,11-13,23-25,28-30,38H2,1-10H3,(H,70,80)(H,71,79)/t40-,47-,48+,51-,57-,61+/m0/s1. The van der Waals surface area contributed by atoms with Gasteiger partial charge in [0.15, 0.2) is 5.75 Å². The van der Waals surface area contributed by atoms with E-state index in [0.29, 0.717) is 65.8 Å². The van der Waals surface area contributed by atoms with E-state index in [1.54, 1.807) is 85.1 Å². The van der Waals surface area contributed by atoms with Crippen molar-refractivity contribution < 1.29 is 46.9 Å². The molecule has 3 amide bonds. The summed E-state index contributed by atoms with van der Waals surface area (Å²) in [6.45, 7) is 13.5. The van der Waals surface area contributed by atoms with Gasteiger partial charge in [-0.05, 0) is 106 Å². The maximum Gasteiger partial charge on any atom is 0.328 e. The average molecular weight is 1270 g/mol. The fourth-order valence-corrected chi connectivity index (χ4v) is 13.2. The van der Waals surface area contributed by atoms with Gasteiger partial charge in [0.1, 0.15) is 35.4 Å². The number of sulfonamides is 1. The SMILES string of the molecule is CCCOc1cc(OCCCCN(C)C)cc(Oc2cc3c(cc2NS(=O)(=O)c2cccc(C(=O)N[C@H]4C[C@H](Oc5cc(-c6cnn([C@H](C(=O)N7C[C@H](O)C[C@H]7C(=O)N[C@@H](C)c7ccc(-c8scnc8C)cc7)C(C)(C)C)c6)ccn5)C4)c2)n(C)c(=O)n3C)c1. The van der Waals surface area contributed by atoms with Gasteiger partial charge < -0.3 is 44.5 Å². The molecule has 2 fully saturated rings. The minimum absolute atomic E-state index is 0.00162. The number of likely N-dealkylation sites (tertiary alicyclic amines) is 1. The molecule has 2 aliphatic rings. The molecule has 0 unspecified atom stereocenters. The maximum atomic E-state index is 14.7. The molecule has 0 bridgehead atoms. The Hall–Kier alpha value is -8.58. The number of benzene rings is 4. The zero-order chi connectivity index (χ0) is 64.2. The third kappa shape index (κ3) is 14.8. The molecule has 5 heterocycles. The van der Waals surface area contributed by atoms with Crippen LogP contribution in [0.3, 0.4) is 0 Å². The van der Waals surface area contributed by atoms with Gasteiger partial charge >= 0.3 is 5.69 Å². The number of nitrogens with one attached hydrogen (secondary N) is 3. The van der Waals surface area contributed by atoms with Gasteiger partial charge in [0, 0.05) is 99.8 Å². The van der Waals surface area contributed by atoms with Crippen LogP contribution < -0.4 is 40.0 Å². The first-order valence-corrected chi connectivity index (χ1v) is 32.6. The van der Waals surface area contributed by atoms with E-state index < -0.39 is 39.5 Å². The number of aliphatic hydroxyl groups excluding tert-OH is 1. The van der Waals surface area contributed by atoms with E-state index in [0.717, 1.165) is 53.1 Å². The largest absolute Gasteiger partial charge is 0.493 e. The van der Waals surface area contributed by atoms with Crippen molar-refractivity contribution >= 4 is 55.8 Å². The third-order valence-corrected chi connectivity index (χ3v) is 18.5. The molecule has 1 saturated carbocycles. The smallest absolute Gasteiger partial charge is 0.328 e. The Balaban J connectivity index is 0.765. The summed E-state index contributed by atoms with van der Waals surface area (Å²) in [5, 5.41) is 21.7. The summed E-state index contributed by atoms with van der Waals surface area (Å²) < 4.78 is 60.7. The summed E-state index contributed by atoms with van der Waals surface area (Å²) in [5.74, 6) is 0.632. The molecule has 22 nitrogen and oxygen atoms in total. The van der Waals surface area contributed by atoms with E-state index in [9.17, 15) is 32.7 Å². The van der Waals surface area contributed by atoms with Gasteiger partial charge in [-0.3, -0.25) is 32.9 Å². The Bertz CT molecular complexity index is 4070. The second-order valence-corrected chi connectivity index (χ2v) is 27.1. The summed E-state index contributed by atoms with van der Waals surface area (Å²) in [6, 6.07) is 23.3. The molecule has 90 heavy (non-hydrogen) atoms. The molecule has 4 atom stereocenters. The summed E-state index contributed by atoms with van der Waals surface area (Å²) >= 11 is 1.57. The molecule has 4 N–H and O–H groups in total. The topological polar surface area (TPSA) is 256 Å². The van der Waals surface area contributed by atoms with Crippen LogP contribution in [0.15, 0.2) is 125 Å². The number of fused-ring (bicyclic) bond motifs is 1. The summed E-state index contributed by atoms with van der Waals surface area (Å²) in [6.07, 6.45) is 7.45. The zero-order valence-corrected chi connectivity index (χ0v) is 54.1. The number of β-amino-alcohol motifs (C(OH)–C–C–N with tert-alkyl or cyclic N) is 1. The van der Waals surface area contributed by atoms with Crippen molar-refractivity contribution in [3.8, 4) is 50.4 Å². The number of hydrogen-bond donors (Lipinski definition) is 4. The van der Waals surface area contributed by atoms with Crippen LogP contribution in [-0.2, 0) is 33.7 Å². The summed E-state index contributed by atoms with van der Waals surface area (Å²) in [7, 11) is 2.88. The van der Waals surface area contributed by atoms with Crippen molar-refractivity contribution in [2.45, 2.75) is 121 Å². The minimum Gasteiger partial charge on any atom is -0.493 e. The Morgan fingerprint density at radius 1 is 0.856 bits per heavy atom. The Labute approximate surface area is 528 Å². The average Bonchev–Trinajstić information content (AvgIpc) is 1.59. The number of aromatic nitrogens is 6. The van der Waals surface area contributed by atoms with E-state index in [2.05, 4.69) is 35.3 Å². The highest BCUT2D eigenvalue weighted by Crippen LogP contribution is 2.40. The number of amides is 3. The van der Waals surface area contributed by atoms with Crippen LogP contribution in [0.5, 0.6) is 28.9 Å². The quantitative estimate of drug-likeness (QED) is 0.0389. The number of unbranched alkanes of at least 4 members (excludes halogenated alkanes) is 1. The van der Waals surface area contributed by atoms with Crippen LogP contribution in [0.2, 0.25) is 0 Å². The van der Waals surface area contributed by atoms with Crippen LogP contribution in [-0.4, -0.2) is 135 Å². The van der Waals surface area contributed by atoms with E-state index in [4.69, 9.17) is 18.9 Å². The first kappa shape index (κ1) is 64.4. The molecule has 8 aromatic rings. The minimum atomic E-state index is -4.38. The maximum absolute atomic E-state index is 14.7. The molecule has 4 aromatic heterocycles. The predicted molar refractivity (Wildman–Crippen MR) is 345 cm³/mol. The van der Waals surface area contributed by atoms with E-state index in [1.807, 2.05) is 91.5 Å². The van der Waals surface area contributed by atoms with Gasteiger partial charge in [0.25, 0.3) is 15.9 Å². The van der Waals surface area contributed by atoms with Gasteiger partial charge in [-0.2, -0.15) is 5.10 Å². The molecule has 24 heteroatoms. The van der Waals surface area contributed by atoms with Crippen molar-refractivity contribution in [3.63, 3.8) is 0 Å². The number of ether oxygens (including phenoxy) is 4. The van der Waals surface area contributed by atoms with Gasteiger partial charge in [0.05, 0.1) is 69.3 Å². The van der Waals surface area contributed by atoms with Crippen LogP contribution >= 0.6 is 11.3 Å². The molecular weight excluding hydrogens is 1190 g/mol. The molecule has 1 aliphatic heterocycles. The van der Waals surface area contributed by atoms with Gasteiger partial charge in [-0.15, -0.1) is 11.3 Å². The molecule has 476 valence electrons. The van der Waals surface area contributed by atoms with Crippen molar-refractivity contribution in [2.24, 2.45) is 19.5 Å². The monoisotopic (exact) mass is 1270 g/mol. The lowest BCUT2D eigenvalue weighted by molar-refractivity contribution is -0.144. The molecule has 0 radical (unpaired) electrons. The fraction of sp³-hybridized carbons (Fsp3) is 0.409. The lowest BCUT2D eigenvalue weighted by Gasteiger charge is -2.35. The molecule has 10 rings (SSSR count). The third-order valence-electron chi connectivity index (χ3n) is 16.2. The second kappa shape index (κ2) is 27.3. The van der Waals surface area contributed by atoms with E-state index >= 15 is 0 Å². The van der Waals surface area contributed by atoms with E-state index in [1.165, 1.54) is 38.3 Å². The number of pyridine rings is 1. The highest BCUT2D eigenvalue weighted by atomic mass is 32.2. The Kier molecular flexibility index (Phi) is 19.5. The van der Waals surface area contributed by atoms with Gasteiger partial charge in [-0.1, -0.05) is 58.0 Å². The van der Waals surface area contributed by atoms with Crippen molar-refractivity contribution in [2.75, 3.05) is 45.1 Å². The van der Waals surface area contributed by atoms with Crippen LogP contribution in [0.1, 0.15) is 107 Å². The van der Waals surface area contributed by atoms with Gasteiger partial charge in [-0.25, -0.2) is 23.2 Å². The molecule has 0 spiro atoms. The number of rotatable bonds is 25. The number of thiazole rings is 1. The molecular formula is C66H79N11O11S2. The number of anilines is 1. The highest BCUT2D eigenvalue weighted by Gasteiger charge is 2.45. The number of carbonyl (C=O) groups is 3. The van der Waals surface area contributed by atoms with Gasteiger partial charge in [0.2, 0.25) is 17.7 Å². The van der Waals surface area contributed by atoms with Crippen LogP contribution in [0.4, 0.5) is 5.69 Å². The first-order chi connectivity index (χ1) is 42.9. The summed E-state index contributed by atoms with van der Waals surface area (Å²) in [5.41, 5.74) is 6.29. The lowest BCUT2D eigenvalue weighted by atomic mass is 9.85. The predicted octanol–water partition coefficient (Wildman–Crippen LogP) is 9.44. The Morgan fingerprint density at radius 2 is 1.57 bits per heavy atom. The number of aliphatic hydroxyl groups is 1. The number of nitrogens with zero attached hydrogens (tertiary/aromatic N) is 8. The number of aryl methyl sites for hydroxylation is 3. The normalized spacial score (nSPS) is 17.4. The molecule has 4 aromatic carbocycles. The number of imidazole rings is 1. The van der Waals surface area contributed by atoms with E-state index in [-0.39, 0.29) is 70.6 Å². The van der Waals surface area contributed by atoms with Crippen LogP contribution in [0.25, 0.3) is 32.6 Å². The number of hydrogen-bond acceptors (Lipinski definition) is 16. The number of carbonyl (C=O) groups excluding carboxylic acids is 3. The van der Waals surface area contributed by atoms with Crippen molar-refractivity contribution in [3.05, 3.63) is 142 Å². The molecule has 1 aliphatic carbocycles. The van der Waals surface area contributed by atoms with Crippen molar-refractivity contribution in [1.29, 1.82) is 0 Å².